The number of rotatable bonds is 5. The summed E-state index contributed by atoms with van der Waals surface area (Å²) in [5, 5.41) is 2.86. The van der Waals surface area contributed by atoms with Crippen molar-refractivity contribution in [2.45, 2.75) is 0 Å². The summed E-state index contributed by atoms with van der Waals surface area (Å²) in [6.45, 7) is -0.502. The summed E-state index contributed by atoms with van der Waals surface area (Å²) in [6, 6.07) is 12.3. The van der Waals surface area contributed by atoms with Crippen LogP contribution in [0.5, 0.6) is 0 Å². The largest absolute Gasteiger partial charge is 0.454 e. The molecule has 0 atom stereocenters. The topological polar surface area (TPSA) is 55.4 Å². The minimum absolute atomic E-state index is 0.0906. The van der Waals surface area contributed by atoms with E-state index in [2.05, 4.69) is 5.32 Å². The Kier molecular flexibility index (Phi) is 4.66. The van der Waals surface area contributed by atoms with E-state index in [0.717, 1.165) is 0 Å². The van der Waals surface area contributed by atoms with Gasteiger partial charge in [-0.1, -0.05) is 24.3 Å². The van der Waals surface area contributed by atoms with E-state index in [1.165, 1.54) is 18.2 Å². The minimum Gasteiger partial charge on any atom is -0.454 e. The number of ether oxygens (including phenoxy) is 1. The zero-order chi connectivity index (χ0) is 15.2. The van der Waals surface area contributed by atoms with Crippen molar-refractivity contribution in [3.05, 3.63) is 65.5 Å². The first-order chi connectivity index (χ1) is 10.1. The van der Waals surface area contributed by atoms with Crippen LogP contribution >= 0.6 is 0 Å². The number of carbonyl (C=O) groups excluding carboxylic acids is 2. The Labute approximate surface area is 121 Å². The number of nitrogens with one attached hydrogen (secondary N) is 1. The number of carbonyl (C=O) groups is 2. The van der Waals surface area contributed by atoms with Gasteiger partial charge >= 0.3 is 5.97 Å². The van der Waals surface area contributed by atoms with Gasteiger partial charge in [-0.25, -0.2) is 9.18 Å². The van der Waals surface area contributed by atoms with E-state index in [9.17, 15) is 14.0 Å². The Morgan fingerprint density at radius 1 is 1.05 bits per heavy atom. The summed E-state index contributed by atoms with van der Waals surface area (Å²) in [5.74, 6) is -1.85. The molecule has 2 rings (SSSR count). The molecule has 0 saturated carbocycles. The number of Topliss-reactive ketones (excluding diaryl/α,β-unsaturated/α-hetero) is 1. The molecule has 2 aromatic rings. The molecule has 0 saturated heterocycles. The number of hydrogen-bond donors (Lipinski definition) is 1. The summed E-state index contributed by atoms with van der Waals surface area (Å²) in [5.41, 5.74) is 0.828. The number of esters is 1. The first kappa shape index (κ1) is 14.7. The van der Waals surface area contributed by atoms with Crippen molar-refractivity contribution >= 4 is 17.4 Å². The summed E-state index contributed by atoms with van der Waals surface area (Å²) >= 11 is 0. The van der Waals surface area contributed by atoms with Crippen LogP contribution in [0.2, 0.25) is 0 Å². The molecule has 0 aliphatic carbocycles. The van der Waals surface area contributed by atoms with E-state index in [1.54, 1.807) is 37.4 Å². The predicted molar refractivity (Wildman–Crippen MR) is 77.0 cm³/mol. The summed E-state index contributed by atoms with van der Waals surface area (Å²) in [4.78, 5) is 23.8. The predicted octanol–water partition coefficient (Wildman–Crippen LogP) is 2.91. The highest BCUT2D eigenvalue weighted by atomic mass is 19.1. The van der Waals surface area contributed by atoms with Gasteiger partial charge in [0.15, 0.2) is 6.61 Å². The molecule has 1 N–H and O–H groups in total. The average molecular weight is 287 g/mol. The number of ketones is 1. The van der Waals surface area contributed by atoms with E-state index in [0.29, 0.717) is 11.3 Å². The van der Waals surface area contributed by atoms with Gasteiger partial charge in [0, 0.05) is 12.7 Å². The van der Waals surface area contributed by atoms with Crippen LogP contribution in [0.25, 0.3) is 0 Å². The second-order valence-corrected chi connectivity index (χ2v) is 4.27. The first-order valence-electron chi connectivity index (χ1n) is 6.35. The molecule has 0 aromatic heterocycles. The van der Waals surface area contributed by atoms with Crippen LogP contribution in [-0.2, 0) is 4.74 Å². The molecule has 21 heavy (non-hydrogen) atoms. The van der Waals surface area contributed by atoms with E-state index in [1.807, 2.05) is 0 Å². The summed E-state index contributed by atoms with van der Waals surface area (Å²) in [6.07, 6.45) is 0. The van der Waals surface area contributed by atoms with Gasteiger partial charge in [0.2, 0.25) is 5.78 Å². The van der Waals surface area contributed by atoms with Crippen LogP contribution in [0.15, 0.2) is 48.5 Å². The van der Waals surface area contributed by atoms with Gasteiger partial charge in [-0.05, 0) is 24.3 Å². The van der Waals surface area contributed by atoms with Gasteiger partial charge < -0.3 is 10.1 Å². The number of anilines is 1. The highest BCUT2D eigenvalue weighted by molar-refractivity contribution is 6.01. The van der Waals surface area contributed by atoms with Gasteiger partial charge in [-0.2, -0.15) is 0 Å². The molecule has 0 bridgehead atoms. The lowest BCUT2D eigenvalue weighted by atomic mass is 10.1. The third-order valence-corrected chi connectivity index (χ3v) is 2.92. The fourth-order valence-electron chi connectivity index (χ4n) is 1.85. The Bertz CT molecular complexity index is 670. The monoisotopic (exact) mass is 287 g/mol. The van der Waals surface area contributed by atoms with Crippen molar-refractivity contribution in [1.29, 1.82) is 0 Å². The number of benzene rings is 2. The zero-order valence-corrected chi connectivity index (χ0v) is 11.4. The molecule has 4 nitrogen and oxygen atoms in total. The molecule has 0 radical (unpaired) electrons. The maximum atomic E-state index is 13.4. The lowest BCUT2D eigenvalue weighted by Gasteiger charge is -2.08. The minimum atomic E-state index is -0.635. The van der Waals surface area contributed by atoms with Crippen molar-refractivity contribution in [3.8, 4) is 0 Å². The van der Waals surface area contributed by atoms with Crippen molar-refractivity contribution in [3.63, 3.8) is 0 Å². The van der Waals surface area contributed by atoms with Crippen molar-refractivity contribution in [1.82, 2.24) is 0 Å². The third kappa shape index (κ3) is 3.45. The van der Waals surface area contributed by atoms with Crippen LogP contribution < -0.4 is 5.32 Å². The van der Waals surface area contributed by atoms with Crippen LogP contribution in [0.1, 0.15) is 20.7 Å². The van der Waals surface area contributed by atoms with Crippen molar-refractivity contribution < 1.29 is 18.7 Å². The van der Waals surface area contributed by atoms with E-state index in [4.69, 9.17) is 4.74 Å². The Balaban J connectivity index is 2.05. The van der Waals surface area contributed by atoms with Crippen LogP contribution in [0, 0.1) is 5.82 Å². The molecule has 0 unspecified atom stereocenters. The Morgan fingerprint density at radius 3 is 2.33 bits per heavy atom. The molecule has 0 aliphatic rings. The van der Waals surface area contributed by atoms with Crippen molar-refractivity contribution in [2.24, 2.45) is 0 Å². The second kappa shape index (κ2) is 6.65. The zero-order valence-electron chi connectivity index (χ0n) is 11.4. The van der Waals surface area contributed by atoms with Crippen molar-refractivity contribution in [2.75, 3.05) is 19.0 Å². The quantitative estimate of drug-likeness (QED) is 0.678. The van der Waals surface area contributed by atoms with Gasteiger partial charge in [0.25, 0.3) is 0 Å². The van der Waals surface area contributed by atoms with Crippen LogP contribution in [-0.4, -0.2) is 25.4 Å². The fourth-order valence-corrected chi connectivity index (χ4v) is 1.85. The highest BCUT2D eigenvalue weighted by Gasteiger charge is 2.16. The van der Waals surface area contributed by atoms with Gasteiger partial charge in [-0.15, -0.1) is 0 Å². The molecular formula is C16H14FNO3. The molecule has 0 fully saturated rings. The lowest BCUT2D eigenvalue weighted by molar-refractivity contribution is 0.0474. The van der Waals surface area contributed by atoms with Gasteiger partial charge in [0.05, 0.1) is 11.1 Å². The molecule has 0 heterocycles. The number of halogens is 1. The third-order valence-electron chi connectivity index (χ3n) is 2.92. The first-order valence-corrected chi connectivity index (χ1v) is 6.35. The standard InChI is InChI=1S/C16H14FNO3/c1-18-14-9-5-3-7-12(14)16(20)21-10-15(19)11-6-2-4-8-13(11)17/h2-9,18H,10H2,1H3. The van der Waals surface area contributed by atoms with Gasteiger partial charge in [0.1, 0.15) is 5.82 Å². The summed E-state index contributed by atoms with van der Waals surface area (Å²) < 4.78 is 18.4. The Morgan fingerprint density at radius 2 is 1.67 bits per heavy atom. The maximum absolute atomic E-state index is 13.4. The molecule has 0 amide bonds. The SMILES string of the molecule is CNc1ccccc1C(=O)OCC(=O)c1ccccc1F. The molecular weight excluding hydrogens is 273 g/mol. The molecule has 5 heteroatoms. The lowest BCUT2D eigenvalue weighted by Crippen LogP contribution is -2.16. The highest BCUT2D eigenvalue weighted by Crippen LogP contribution is 2.15. The van der Waals surface area contributed by atoms with E-state index in [-0.39, 0.29) is 5.56 Å². The Hall–Kier alpha value is -2.69. The van der Waals surface area contributed by atoms with Crippen LogP contribution in [0.3, 0.4) is 0 Å². The molecule has 108 valence electrons. The second-order valence-electron chi connectivity index (χ2n) is 4.27. The normalized spacial score (nSPS) is 10.0. The molecule has 2 aromatic carbocycles. The van der Waals surface area contributed by atoms with Crippen LogP contribution in [0.4, 0.5) is 10.1 Å². The van der Waals surface area contributed by atoms with E-state index >= 15 is 0 Å². The average Bonchev–Trinajstić information content (AvgIpc) is 2.52. The molecule has 0 spiro atoms. The van der Waals surface area contributed by atoms with Gasteiger partial charge in [-0.3, -0.25) is 4.79 Å². The molecule has 0 aliphatic heterocycles. The summed E-state index contributed by atoms with van der Waals surface area (Å²) in [7, 11) is 1.68. The van der Waals surface area contributed by atoms with E-state index < -0.39 is 24.2 Å². The number of hydrogen-bond acceptors (Lipinski definition) is 4. The fraction of sp³-hybridized carbons (Fsp3) is 0.125. The maximum Gasteiger partial charge on any atom is 0.340 e. The number of para-hydroxylation sites is 1. The smallest absolute Gasteiger partial charge is 0.340 e.